The van der Waals surface area contributed by atoms with E-state index in [1.807, 2.05) is 12.1 Å². The lowest BCUT2D eigenvalue weighted by molar-refractivity contribution is 0.127. The maximum atomic E-state index is 5.78. The molecule has 0 heterocycles. The first kappa shape index (κ1) is 15.3. The quantitative estimate of drug-likeness (QED) is 0.666. The third-order valence-electron chi connectivity index (χ3n) is 3.49. The Balaban J connectivity index is 1.76. The van der Waals surface area contributed by atoms with E-state index in [1.54, 1.807) is 0 Å². The predicted molar refractivity (Wildman–Crippen MR) is 90.5 cm³/mol. The summed E-state index contributed by atoms with van der Waals surface area (Å²) in [5.41, 5.74) is 3.59. The van der Waals surface area contributed by atoms with E-state index >= 15 is 0 Å². The summed E-state index contributed by atoms with van der Waals surface area (Å²) in [5, 5.41) is 0. The van der Waals surface area contributed by atoms with Crippen LogP contribution in [0.2, 0.25) is 0 Å². The van der Waals surface area contributed by atoms with Gasteiger partial charge >= 0.3 is 0 Å². The number of ether oxygens (including phenoxy) is 1. The van der Waals surface area contributed by atoms with Gasteiger partial charge < -0.3 is 9.64 Å². The number of hydrogen-bond acceptors (Lipinski definition) is 2. The highest BCUT2D eigenvalue weighted by Gasteiger charge is 2.03. The van der Waals surface area contributed by atoms with Crippen LogP contribution in [-0.4, -0.2) is 19.7 Å². The Labute approximate surface area is 127 Å². The van der Waals surface area contributed by atoms with Crippen LogP contribution < -0.4 is 4.90 Å². The molecule has 0 N–H and O–H groups in total. The van der Waals surface area contributed by atoms with Crippen LogP contribution in [0, 0.1) is 0 Å². The Kier molecular flexibility index (Phi) is 6.04. The molecule has 0 aliphatic rings. The van der Waals surface area contributed by atoms with E-state index in [2.05, 4.69) is 66.9 Å². The molecule has 0 fully saturated rings. The molecule has 0 spiro atoms. The van der Waals surface area contributed by atoms with Crippen molar-refractivity contribution in [1.29, 1.82) is 0 Å². The van der Waals surface area contributed by atoms with Crippen LogP contribution in [0.1, 0.15) is 18.1 Å². The molecule has 2 rings (SSSR count). The summed E-state index contributed by atoms with van der Waals surface area (Å²) < 4.78 is 5.78. The van der Waals surface area contributed by atoms with Crippen LogP contribution >= 0.6 is 0 Å². The standard InChI is InChI=1S/C19H23NO/c1-3-17-10-12-18(13-11-17)16-21-15-14-20(4-2)19-8-6-5-7-9-19/h3,5-13H,1,4,14-16H2,2H3. The van der Waals surface area contributed by atoms with Gasteiger partial charge in [-0.25, -0.2) is 0 Å². The summed E-state index contributed by atoms with van der Waals surface area (Å²) in [6, 6.07) is 18.8. The molecule has 2 aromatic rings. The second kappa shape index (κ2) is 8.28. The number of rotatable bonds is 8. The van der Waals surface area contributed by atoms with Crippen LogP contribution in [0.15, 0.2) is 61.2 Å². The molecule has 110 valence electrons. The van der Waals surface area contributed by atoms with Crippen molar-refractivity contribution in [3.05, 3.63) is 72.3 Å². The monoisotopic (exact) mass is 281 g/mol. The fourth-order valence-corrected chi connectivity index (χ4v) is 2.22. The zero-order valence-electron chi connectivity index (χ0n) is 12.7. The molecule has 0 saturated heterocycles. The van der Waals surface area contributed by atoms with Gasteiger partial charge in [-0.05, 0) is 30.2 Å². The summed E-state index contributed by atoms with van der Waals surface area (Å²) in [5.74, 6) is 0. The molecule has 0 aromatic heterocycles. The minimum absolute atomic E-state index is 0.657. The molecule has 0 saturated carbocycles. The van der Waals surface area contributed by atoms with E-state index < -0.39 is 0 Å². The van der Waals surface area contributed by atoms with Gasteiger partial charge in [0.1, 0.15) is 0 Å². The molecule has 0 aliphatic heterocycles. The fourth-order valence-electron chi connectivity index (χ4n) is 2.22. The lowest BCUT2D eigenvalue weighted by Gasteiger charge is -2.22. The summed E-state index contributed by atoms with van der Waals surface area (Å²) >= 11 is 0. The zero-order chi connectivity index (χ0) is 14.9. The van der Waals surface area contributed by atoms with Gasteiger partial charge in [0, 0.05) is 18.8 Å². The van der Waals surface area contributed by atoms with Crippen molar-refractivity contribution in [2.75, 3.05) is 24.6 Å². The van der Waals surface area contributed by atoms with Crippen LogP contribution in [0.3, 0.4) is 0 Å². The van der Waals surface area contributed by atoms with E-state index in [1.165, 1.54) is 11.3 Å². The van der Waals surface area contributed by atoms with E-state index in [0.29, 0.717) is 6.61 Å². The van der Waals surface area contributed by atoms with Gasteiger partial charge in [-0.2, -0.15) is 0 Å². The number of nitrogens with zero attached hydrogens (tertiary/aromatic N) is 1. The average Bonchev–Trinajstić information content (AvgIpc) is 2.56. The van der Waals surface area contributed by atoms with Crippen molar-refractivity contribution in [1.82, 2.24) is 0 Å². The molecule has 2 nitrogen and oxygen atoms in total. The van der Waals surface area contributed by atoms with E-state index in [4.69, 9.17) is 4.74 Å². The maximum absolute atomic E-state index is 5.78. The summed E-state index contributed by atoms with van der Waals surface area (Å²) in [4.78, 5) is 2.32. The van der Waals surface area contributed by atoms with Gasteiger partial charge in [-0.1, -0.05) is 55.1 Å². The Morgan fingerprint density at radius 2 is 1.76 bits per heavy atom. The van der Waals surface area contributed by atoms with Crippen molar-refractivity contribution < 1.29 is 4.74 Å². The lowest BCUT2D eigenvalue weighted by Crippen LogP contribution is -2.26. The largest absolute Gasteiger partial charge is 0.375 e. The van der Waals surface area contributed by atoms with Gasteiger partial charge in [0.15, 0.2) is 0 Å². The molecule has 2 heteroatoms. The molecular weight excluding hydrogens is 258 g/mol. The van der Waals surface area contributed by atoms with E-state index in [9.17, 15) is 0 Å². The van der Waals surface area contributed by atoms with Crippen molar-refractivity contribution in [3.8, 4) is 0 Å². The highest BCUT2D eigenvalue weighted by molar-refractivity contribution is 5.47. The van der Waals surface area contributed by atoms with Crippen LogP contribution in [0.4, 0.5) is 5.69 Å². The Morgan fingerprint density at radius 1 is 1.05 bits per heavy atom. The smallest absolute Gasteiger partial charge is 0.0717 e. The van der Waals surface area contributed by atoms with E-state index in [0.717, 1.165) is 25.3 Å². The molecule has 0 unspecified atom stereocenters. The second-order valence-corrected chi connectivity index (χ2v) is 4.91. The van der Waals surface area contributed by atoms with Crippen LogP contribution in [-0.2, 0) is 11.3 Å². The first-order valence-corrected chi connectivity index (χ1v) is 7.42. The van der Waals surface area contributed by atoms with Gasteiger partial charge in [-0.15, -0.1) is 0 Å². The Bertz CT molecular complexity index is 533. The van der Waals surface area contributed by atoms with Crippen molar-refractivity contribution >= 4 is 11.8 Å². The third kappa shape index (κ3) is 4.76. The minimum atomic E-state index is 0.657. The van der Waals surface area contributed by atoms with Crippen molar-refractivity contribution in [2.24, 2.45) is 0 Å². The van der Waals surface area contributed by atoms with Gasteiger partial charge in [0.25, 0.3) is 0 Å². The molecule has 21 heavy (non-hydrogen) atoms. The lowest BCUT2D eigenvalue weighted by atomic mass is 10.1. The van der Waals surface area contributed by atoms with Gasteiger partial charge in [0.2, 0.25) is 0 Å². The summed E-state index contributed by atoms with van der Waals surface area (Å²) in [7, 11) is 0. The first-order chi connectivity index (χ1) is 10.3. The predicted octanol–water partition coefficient (Wildman–Crippen LogP) is 4.37. The Hall–Kier alpha value is -2.06. The molecule has 0 radical (unpaired) electrons. The van der Waals surface area contributed by atoms with Crippen LogP contribution in [0.5, 0.6) is 0 Å². The summed E-state index contributed by atoms with van der Waals surface area (Å²) in [6.07, 6.45) is 1.85. The minimum Gasteiger partial charge on any atom is -0.375 e. The molecule has 0 aliphatic carbocycles. The SMILES string of the molecule is C=Cc1ccc(COCCN(CC)c2ccccc2)cc1. The fraction of sp³-hybridized carbons (Fsp3) is 0.263. The molecular formula is C19H23NO. The normalized spacial score (nSPS) is 10.3. The zero-order valence-corrected chi connectivity index (χ0v) is 12.7. The summed E-state index contributed by atoms with van der Waals surface area (Å²) in [6.45, 7) is 9.20. The number of hydrogen-bond donors (Lipinski definition) is 0. The molecule has 0 bridgehead atoms. The highest BCUT2D eigenvalue weighted by Crippen LogP contribution is 2.12. The number of likely N-dealkylation sites (N-methyl/N-ethyl adjacent to an activating group) is 1. The average molecular weight is 281 g/mol. The molecule has 0 amide bonds. The highest BCUT2D eigenvalue weighted by atomic mass is 16.5. The number of para-hydroxylation sites is 1. The van der Waals surface area contributed by atoms with Gasteiger partial charge in [-0.3, -0.25) is 0 Å². The topological polar surface area (TPSA) is 12.5 Å². The van der Waals surface area contributed by atoms with Crippen molar-refractivity contribution in [2.45, 2.75) is 13.5 Å². The second-order valence-electron chi connectivity index (χ2n) is 4.91. The first-order valence-electron chi connectivity index (χ1n) is 7.42. The van der Waals surface area contributed by atoms with Crippen molar-refractivity contribution in [3.63, 3.8) is 0 Å². The van der Waals surface area contributed by atoms with E-state index in [-0.39, 0.29) is 0 Å². The number of benzene rings is 2. The Morgan fingerprint density at radius 3 is 2.38 bits per heavy atom. The number of anilines is 1. The third-order valence-corrected chi connectivity index (χ3v) is 3.49. The van der Waals surface area contributed by atoms with Gasteiger partial charge in [0.05, 0.1) is 13.2 Å². The van der Waals surface area contributed by atoms with Crippen LogP contribution in [0.25, 0.3) is 6.08 Å². The maximum Gasteiger partial charge on any atom is 0.0717 e. The molecule has 0 atom stereocenters. The molecule has 2 aromatic carbocycles.